The predicted octanol–water partition coefficient (Wildman–Crippen LogP) is 4.12. The maximum atomic E-state index is 13.3. The summed E-state index contributed by atoms with van der Waals surface area (Å²) in [6, 6.07) is 14.4. The molecule has 0 radical (unpaired) electrons. The van der Waals surface area contributed by atoms with Crippen LogP contribution in [0.1, 0.15) is 48.4 Å². The van der Waals surface area contributed by atoms with Gasteiger partial charge in [0.15, 0.2) is 0 Å². The Morgan fingerprint density at radius 1 is 1.23 bits per heavy atom. The molecule has 0 saturated carbocycles. The van der Waals surface area contributed by atoms with Crippen molar-refractivity contribution >= 4 is 5.91 Å². The van der Waals surface area contributed by atoms with E-state index in [0.29, 0.717) is 0 Å². The van der Waals surface area contributed by atoms with Gasteiger partial charge in [0, 0.05) is 0 Å². The molecule has 0 saturated heterocycles. The minimum atomic E-state index is -0.276. The molecule has 0 fully saturated rings. The molecule has 1 amide bonds. The van der Waals surface area contributed by atoms with Crippen LogP contribution in [0.5, 0.6) is 0 Å². The molecular weight excluding hydrogens is 277 g/mol. The van der Waals surface area contributed by atoms with Gasteiger partial charge in [0.05, 0.1) is 12.0 Å². The number of fused-ring (bicyclic) bond motifs is 1. The second kappa shape index (κ2) is 6.30. The van der Waals surface area contributed by atoms with Crippen molar-refractivity contribution < 1.29 is 9.18 Å². The van der Waals surface area contributed by atoms with Gasteiger partial charge in [-0.3, -0.25) is 4.79 Å². The van der Waals surface area contributed by atoms with Gasteiger partial charge in [0.1, 0.15) is 5.82 Å². The van der Waals surface area contributed by atoms with Crippen molar-refractivity contribution in [2.24, 2.45) is 0 Å². The average molecular weight is 297 g/mol. The number of rotatable bonds is 3. The number of hydrogen-bond acceptors (Lipinski definition) is 1. The molecule has 0 unspecified atom stereocenters. The molecule has 0 spiro atoms. The number of hydrogen-bond donors (Lipinski definition) is 1. The number of carbonyl (C=O) groups excluding carboxylic acids is 1. The maximum absolute atomic E-state index is 13.3. The molecule has 0 bridgehead atoms. The van der Waals surface area contributed by atoms with Crippen molar-refractivity contribution in [2.75, 3.05) is 0 Å². The van der Waals surface area contributed by atoms with E-state index in [1.54, 1.807) is 6.07 Å². The van der Waals surface area contributed by atoms with Crippen molar-refractivity contribution in [3.63, 3.8) is 0 Å². The second-order valence-electron chi connectivity index (χ2n) is 5.93. The molecule has 1 N–H and O–H groups in total. The van der Waals surface area contributed by atoms with Crippen LogP contribution < -0.4 is 5.32 Å². The summed E-state index contributed by atoms with van der Waals surface area (Å²) >= 11 is 0. The molecule has 2 aromatic carbocycles. The number of nitrogens with one attached hydrogen (secondary N) is 1. The van der Waals surface area contributed by atoms with Crippen LogP contribution in [-0.4, -0.2) is 5.91 Å². The summed E-state index contributed by atoms with van der Waals surface area (Å²) in [6.07, 6.45) is 2.95. The minimum Gasteiger partial charge on any atom is -0.349 e. The lowest BCUT2D eigenvalue weighted by Crippen LogP contribution is -2.33. The SMILES string of the molecule is C[C@H](NC(=O)[C@H]1CCCc2ccccc21)c1cccc(F)c1. The van der Waals surface area contributed by atoms with Crippen LogP contribution in [0.2, 0.25) is 0 Å². The van der Waals surface area contributed by atoms with Gasteiger partial charge in [-0.1, -0.05) is 36.4 Å². The molecule has 3 heteroatoms. The van der Waals surface area contributed by atoms with E-state index in [9.17, 15) is 9.18 Å². The molecular formula is C19H20FNO. The first-order valence-corrected chi connectivity index (χ1v) is 7.79. The van der Waals surface area contributed by atoms with Gasteiger partial charge in [-0.2, -0.15) is 0 Å². The fourth-order valence-corrected chi connectivity index (χ4v) is 3.20. The van der Waals surface area contributed by atoms with Crippen molar-refractivity contribution in [3.8, 4) is 0 Å². The second-order valence-corrected chi connectivity index (χ2v) is 5.93. The van der Waals surface area contributed by atoms with E-state index in [1.807, 2.05) is 31.2 Å². The molecule has 0 aliphatic heterocycles. The quantitative estimate of drug-likeness (QED) is 0.907. The predicted molar refractivity (Wildman–Crippen MR) is 85.1 cm³/mol. The zero-order valence-corrected chi connectivity index (χ0v) is 12.7. The summed E-state index contributed by atoms with van der Waals surface area (Å²) < 4.78 is 13.3. The molecule has 22 heavy (non-hydrogen) atoms. The Kier molecular flexibility index (Phi) is 4.23. The van der Waals surface area contributed by atoms with E-state index in [4.69, 9.17) is 0 Å². The number of amides is 1. The van der Waals surface area contributed by atoms with Gasteiger partial charge in [-0.15, -0.1) is 0 Å². The van der Waals surface area contributed by atoms with E-state index < -0.39 is 0 Å². The summed E-state index contributed by atoms with van der Waals surface area (Å²) in [5.74, 6) is -0.341. The monoisotopic (exact) mass is 297 g/mol. The molecule has 114 valence electrons. The lowest BCUT2D eigenvalue weighted by molar-refractivity contribution is -0.123. The standard InChI is InChI=1S/C19H20FNO/c1-13(15-8-4-9-16(20)12-15)21-19(22)18-11-5-7-14-6-2-3-10-17(14)18/h2-4,6,8-10,12-13,18H,5,7,11H2,1H3,(H,21,22)/t13-,18-/m0/s1. The minimum absolute atomic E-state index is 0.0314. The van der Waals surface area contributed by atoms with Crippen LogP contribution in [0, 0.1) is 5.82 Å². The fraction of sp³-hybridized carbons (Fsp3) is 0.316. The Labute approximate surface area is 130 Å². The van der Waals surface area contributed by atoms with Crippen LogP contribution in [-0.2, 0) is 11.2 Å². The van der Waals surface area contributed by atoms with Gasteiger partial charge < -0.3 is 5.32 Å². The van der Waals surface area contributed by atoms with E-state index in [0.717, 1.165) is 30.4 Å². The molecule has 2 aromatic rings. The summed E-state index contributed by atoms with van der Waals surface area (Å²) in [4.78, 5) is 12.6. The highest BCUT2D eigenvalue weighted by Gasteiger charge is 2.27. The van der Waals surface area contributed by atoms with Crippen molar-refractivity contribution in [3.05, 3.63) is 71.0 Å². The molecule has 1 aliphatic rings. The first kappa shape index (κ1) is 14.8. The Morgan fingerprint density at radius 2 is 2.05 bits per heavy atom. The molecule has 0 aromatic heterocycles. The van der Waals surface area contributed by atoms with Crippen LogP contribution in [0.3, 0.4) is 0 Å². The molecule has 0 heterocycles. The van der Waals surface area contributed by atoms with Crippen molar-refractivity contribution in [1.29, 1.82) is 0 Å². The summed E-state index contributed by atoms with van der Waals surface area (Å²) in [6.45, 7) is 1.89. The summed E-state index contributed by atoms with van der Waals surface area (Å²) in [5.41, 5.74) is 3.20. The van der Waals surface area contributed by atoms with E-state index in [1.165, 1.54) is 17.7 Å². The van der Waals surface area contributed by atoms with Crippen LogP contribution in [0.4, 0.5) is 4.39 Å². The zero-order chi connectivity index (χ0) is 15.5. The molecule has 3 rings (SSSR count). The number of halogens is 1. The zero-order valence-electron chi connectivity index (χ0n) is 12.7. The number of carbonyl (C=O) groups is 1. The average Bonchev–Trinajstić information content (AvgIpc) is 2.54. The Hall–Kier alpha value is -2.16. The van der Waals surface area contributed by atoms with E-state index in [-0.39, 0.29) is 23.7 Å². The summed E-state index contributed by atoms with van der Waals surface area (Å²) in [5, 5.41) is 3.03. The molecule has 2 atom stereocenters. The fourth-order valence-electron chi connectivity index (χ4n) is 3.20. The Balaban J connectivity index is 1.75. The third-order valence-electron chi connectivity index (χ3n) is 4.39. The lowest BCUT2D eigenvalue weighted by atomic mass is 9.82. The van der Waals surface area contributed by atoms with Gasteiger partial charge in [-0.05, 0) is 55.0 Å². The molecule has 1 aliphatic carbocycles. The smallest absolute Gasteiger partial charge is 0.228 e. The first-order valence-electron chi connectivity index (χ1n) is 7.79. The van der Waals surface area contributed by atoms with Gasteiger partial charge in [0.2, 0.25) is 5.91 Å². The largest absolute Gasteiger partial charge is 0.349 e. The third kappa shape index (κ3) is 3.03. The molecule has 2 nitrogen and oxygen atoms in total. The van der Waals surface area contributed by atoms with Crippen LogP contribution >= 0.6 is 0 Å². The van der Waals surface area contributed by atoms with Crippen molar-refractivity contribution in [1.82, 2.24) is 5.32 Å². The van der Waals surface area contributed by atoms with Crippen molar-refractivity contribution in [2.45, 2.75) is 38.1 Å². The highest BCUT2D eigenvalue weighted by Crippen LogP contribution is 2.32. The van der Waals surface area contributed by atoms with E-state index in [2.05, 4.69) is 11.4 Å². The maximum Gasteiger partial charge on any atom is 0.228 e. The van der Waals surface area contributed by atoms with Crippen LogP contribution in [0.15, 0.2) is 48.5 Å². The Morgan fingerprint density at radius 3 is 2.86 bits per heavy atom. The van der Waals surface area contributed by atoms with Gasteiger partial charge in [0.25, 0.3) is 0 Å². The number of benzene rings is 2. The first-order chi connectivity index (χ1) is 10.6. The Bertz CT molecular complexity index is 683. The van der Waals surface area contributed by atoms with Gasteiger partial charge in [-0.25, -0.2) is 4.39 Å². The number of aryl methyl sites for hydroxylation is 1. The highest BCUT2D eigenvalue weighted by atomic mass is 19.1. The highest BCUT2D eigenvalue weighted by molar-refractivity contribution is 5.84. The summed E-state index contributed by atoms with van der Waals surface area (Å²) in [7, 11) is 0. The van der Waals surface area contributed by atoms with E-state index >= 15 is 0 Å². The van der Waals surface area contributed by atoms with Crippen LogP contribution in [0.25, 0.3) is 0 Å². The third-order valence-corrected chi connectivity index (χ3v) is 4.39. The lowest BCUT2D eigenvalue weighted by Gasteiger charge is -2.26. The van der Waals surface area contributed by atoms with Gasteiger partial charge >= 0.3 is 0 Å². The normalized spacial score (nSPS) is 18.4. The topological polar surface area (TPSA) is 29.1 Å².